The number of H-pyrrole nitrogens is 1. The Bertz CT molecular complexity index is 677. The van der Waals surface area contributed by atoms with E-state index in [1.165, 1.54) is 12.8 Å². The van der Waals surface area contributed by atoms with Crippen molar-refractivity contribution in [2.75, 3.05) is 18.4 Å². The van der Waals surface area contributed by atoms with E-state index in [0.717, 1.165) is 30.8 Å². The molecule has 1 aliphatic heterocycles. The first-order chi connectivity index (χ1) is 11.6. The SMILES string of the molecule is CC(CCC(=O)Nc1cc(-c2ccc(Cl)cc2)n[nH]1)N1CCCC1. The number of nitrogens with zero attached hydrogens (tertiary/aromatic N) is 2. The summed E-state index contributed by atoms with van der Waals surface area (Å²) in [6.45, 7) is 4.52. The Hall–Kier alpha value is -1.85. The Morgan fingerprint density at radius 2 is 2.04 bits per heavy atom. The largest absolute Gasteiger partial charge is 0.311 e. The molecule has 1 atom stereocenters. The van der Waals surface area contributed by atoms with E-state index in [1.807, 2.05) is 30.3 Å². The van der Waals surface area contributed by atoms with Crippen LogP contribution in [0.25, 0.3) is 11.3 Å². The first-order valence-electron chi connectivity index (χ1n) is 8.47. The topological polar surface area (TPSA) is 61.0 Å². The van der Waals surface area contributed by atoms with E-state index in [9.17, 15) is 4.79 Å². The van der Waals surface area contributed by atoms with Crippen molar-refractivity contribution in [1.29, 1.82) is 0 Å². The van der Waals surface area contributed by atoms with Crippen LogP contribution in [0.3, 0.4) is 0 Å². The lowest BCUT2D eigenvalue weighted by Crippen LogP contribution is -2.31. The van der Waals surface area contributed by atoms with E-state index in [1.54, 1.807) is 0 Å². The monoisotopic (exact) mass is 346 g/mol. The summed E-state index contributed by atoms with van der Waals surface area (Å²) in [5, 5.41) is 10.7. The number of rotatable bonds is 6. The Labute approximate surface area is 147 Å². The third-order valence-corrected chi connectivity index (χ3v) is 4.80. The molecule has 1 saturated heterocycles. The lowest BCUT2D eigenvalue weighted by Gasteiger charge is -2.23. The zero-order valence-electron chi connectivity index (χ0n) is 13.9. The van der Waals surface area contributed by atoms with E-state index in [-0.39, 0.29) is 5.91 Å². The van der Waals surface area contributed by atoms with Gasteiger partial charge < -0.3 is 10.2 Å². The minimum Gasteiger partial charge on any atom is -0.311 e. The molecule has 2 N–H and O–H groups in total. The number of hydrogen-bond acceptors (Lipinski definition) is 3. The first-order valence-corrected chi connectivity index (χ1v) is 8.85. The van der Waals surface area contributed by atoms with Gasteiger partial charge in [-0.2, -0.15) is 5.10 Å². The van der Waals surface area contributed by atoms with Crippen LogP contribution in [0.15, 0.2) is 30.3 Å². The molecule has 5 nitrogen and oxygen atoms in total. The molecule has 0 bridgehead atoms. The predicted molar refractivity (Wildman–Crippen MR) is 97.2 cm³/mol. The van der Waals surface area contributed by atoms with Gasteiger partial charge in [-0.1, -0.05) is 23.7 Å². The normalized spacial score (nSPS) is 16.2. The quantitative estimate of drug-likeness (QED) is 0.833. The van der Waals surface area contributed by atoms with Gasteiger partial charge in [-0.05, 0) is 51.4 Å². The molecular formula is C18H23ClN4O. The van der Waals surface area contributed by atoms with Crippen molar-refractivity contribution in [2.45, 2.75) is 38.6 Å². The Morgan fingerprint density at radius 3 is 2.75 bits per heavy atom. The van der Waals surface area contributed by atoms with Crippen LogP contribution in [0.1, 0.15) is 32.6 Å². The summed E-state index contributed by atoms with van der Waals surface area (Å²) >= 11 is 5.89. The molecular weight excluding hydrogens is 324 g/mol. The van der Waals surface area contributed by atoms with Crippen molar-refractivity contribution >= 4 is 23.3 Å². The molecule has 1 fully saturated rings. The molecule has 24 heavy (non-hydrogen) atoms. The van der Waals surface area contributed by atoms with E-state index in [4.69, 9.17) is 11.6 Å². The van der Waals surface area contributed by atoms with E-state index in [0.29, 0.717) is 23.3 Å². The van der Waals surface area contributed by atoms with Gasteiger partial charge in [0, 0.05) is 29.1 Å². The van der Waals surface area contributed by atoms with Gasteiger partial charge in [0.2, 0.25) is 5.91 Å². The van der Waals surface area contributed by atoms with Gasteiger partial charge in [0.15, 0.2) is 0 Å². The van der Waals surface area contributed by atoms with Crippen LogP contribution in [-0.2, 0) is 4.79 Å². The zero-order chi connectivity index (χ0) is 16.9. The molecule has 1 amide bonds. The van der Waals surface area contributed by atoms with Gasteiger partial charge in [-0.15, -0.1) is 0 Å². The van der Waals surface area contributed by atoms with Crippen molar-refractivity contribution in [3.63, 3.8) is 0 Å². The highest BCUT2D eigenvalue weighted by molar-refractivity contribution is 6.30. The molecule has 1 unspecified atom stereocenters. The summed E-state index contributed by atoms with van der Waals surface area (Å²) in [4.78, 5) is 14.6. The molecule has 3 rings (SSSR count). The van der Waals surface area contributed by atoms with Crippen LogP contribution < -0.4 is 5.32 Å². The van der Waals surface area contributed by atoms with Gasteiger partial charge in [0.1, 0.15) is 5.82 Å². The highest BCUT2D eigenvalue weighted by Gasteiger charge is 2.18. The molecule has 128 valence electrons. The predicted octanol–water partition coefficient (Wildman–Crippen LogP) is 3.93. The first kappa shape index (κ1) is 17.0. The van der Waals surface area contributed by atoms with Crippen LogP contribution in [-0.4, -0.2) is 40.1 Å². The number of nitrogens with one attached hydrogen (secondary N) is 2. The lowest BCUT2D eigenvalue weighted by molar-refractivity contribution is -0.116. The molecule has 2 aromatic rings. The fourth-order valence-electron chi connectivity index (χ4n) is 3.07. The van der Waals surface area contributed by atoms with Crippen LogP contribution in [0.5, 0.6) is 0 Å². The van der Waals surface area contributed by atoms with Gasteiger partial charge in [0.25, 0.3) is 0 Å². The van der Waals surface area contributed by atoms with Gasteiger partial charge in [0.05, 0.1) is 5.69 Å². The maximum absolute atomic E-state index is 12.1. The number of aromatic nitrogens is 2. The number of anilines is 1. The molecule has 6 heteroatoms. The van der Waals surface area contributed by atoms with Crippen molar-refractivity contribution in [3.05, 3.63) is 35.4 Å². The van der Waals surface area contributed by atoms with Crippen LogP contribution in [0.4, 0.5) is 5.82 Å². The van der Waals surface area contributed by atoms with Crippen molar-refractivity contribution in [3.8, 4) is 11.3 Å². The van der Waals surface area contributed by atoms with Crippen molar-refractivity contribution in [2.24, 2.45) is 0 Å². The maximum Gasteiger partial charge on any atom is 0.225 e. The number of carbonyl (C=O) groups is 1. The number of carbonyl (C=O) groups excluding carboxylic acids is 1. The molecule has 0 saturated carbocycles. The number of amides is 1. The van der Waals surface area contributed by atoms with Crippen LogP contribution in [0.2, 0.25) is 5.02 Å². The van der Waals surface area contributed by atoms with Crippen molar-refractivity contribution < 1.29 is 4.79 Å². The number of aromatic amines is 1. The fraction of sp³-hybridized carbons (Fsp3) is 0.444. The van der Waals surface area contributed by atoms with E-state index in [2.05, 4.69) is 27.3 Å². The molecule has 1 aromatic carbocycles. The zero-order valence-corrected chi connectivity index (χ0v) is 14.6. The second-order valence-electron chi connectivity index (χ2n) is 6.35. The highest BCUT2D eigenvalue weighted by Crippen LogP contribution is 2.22. The third kappa shape index (κ3) is 4.36. The number of halogens is 1. The average Bonchev–Trinajstić information content (AvgIpc) is 3.25. The molecule has 0 aliphatic carbocycles. The lowest BCUT2D eigenvalue weighted by atomic mass is 10.1. The summed E-state index contributed by atoms with van der Waals surface area (Å²) < 4.78 is 0. The number of likely N-dealkylation sites (tertiary alicyclic amines) is 1. The summed E-state index contributed by atoms with van der Waals surface area (Å²) in [7, 11) is 0. The van der Waals surface area contributed by atoms with Gasteiger partial charge in [-0.3, -0.25) is 9.89 Å². The van der Waals surface area contributed by atoms with Crippen LogP contribution >= 0.6 is 11.6 Å². The Morgan fingerprint density at radius 1 is 1.33 bits per heavy atom. The molecule has 0 radical (unpaired) electrons. The molecule has 2 heterocycles. The molecule has 1 aliphatic rings. The number of benzene rings is 1. The summed E-state index contributed by atoms with van der Waals surface area (Å²) in [6, 6.07) is 9.76. The molecule has 0 spiro atoms. The van der Waals surface area contributed by atoms with Crippen LogP contribution in [0, 0.1) is 0 Å². The second kappa shape index (κ2) is 7.81. The Kier molecular flexibility index (Phi) is 5.53. The minimum absolute atomic E-state index is 0.0207. The smallest absolute Gasteiger partial charge is 0.225 e. The minimum atomic E-state index is 0.0207. The summed E-state index contributed by atoms with van der Waals surface area (Å²) in [5.74, 6) is 0.645. The van der Waals surface area contributed by atoms with E-state index < -0.39 is 0 Å². The molecule has 1 aromatic heterocycles. The third-order valence-electron chi connectivity index (χ3n) is 4.55. The summed E-state index contributed by atoms with van der Waals surface area (Å²) in [5.41, 5.74) is 1.74. The fourth-order valence-corrected chi connectivity index (χ4v) is 3.20. The maximum atomic E-state index is 12.1. The Balaban J connectivity index is 1.50. The average molecular weight is 347 g/mol. The summed E-state index contributed by atoms with van der Waals surface area (Å²) in [6.07, 6.45) is 3.95. The standard InChI is InChI=1S/C18H23ClN4O/c1-13(23-10-2-3-11-23)4-9-18(24)20-17-12-16(21-22-17)14-5-7-15(19)8-6-14/h5-8,12-13H,2-4,9-11H2,1H3,(H2,20,21,22,24). The van der Waals surface area contributed by atoms with Gasteiger partial charge >= 0.3 is 0 Å². The highest BCUT2D eigenvalue weighted by atomic mass is 35.5. The van der Waals surface area contributed by atoms with Crippen molar-refractivity contribution in [1.82, 2.24) is 15.1 Å². The van der Waals surface area contributed by atoms with Gasteiger partial charge in [-0.25, -0.2) is 0 Å². The number of hydrogen-bond donors (Lipinski definition) is 2. The van der Waals surface area contributed by atoms with E-state index >= 15 is 0 Å². The second-order valence-corrected chi connectivity index (χ2v) is 6.79.